The van der Waals surface area contributed by atoms with Crippen LogP contribution in [0.4, 0.5) is 14.5 Å². The van der Waals surface area contributed by atoms with E-state index in [9.17, 15) is 18.4 Å². The number of Topliss-reactive ketones (excluding diaryl/α,β-unsaturated/α-hetero) is 1. The fourth-order valence-electron chi connectivity index (χ4n) is 3.94. The first-order chi connectivity index (χ1) is 13.3. The van der Waals surface area contributed by atoms with Crippen molar-refractivity contribution in [1.82, 2.24) is 10.3 Å². The van der Waals surface area contributed by atoms with Gasteiger partial charge >= 0.3 is 0 Å². The van der Waals surface area contributed by atoms with Crippen molar-refractivity contribution in [3.8, 4) is 0 Å². The number of hydrogen-bond donors (Lipinski definition) is 2. The lowest BCUT2D eigenvalue weighted by molar-refractivity contribution is 0.0942. The van der Waals surface area contributed by atoms with Crippen molar-refractivity contribution in [1.29, 1.82) is 0 Å². The summed E-state index contributed by atoms with van der Waals surface area (Å²) in [7, 11) is 0. The molecule has 0 saturated carbocycles. The topological polar surface area (TPSA) is 65.2 Å². The first-order valence-corrected chi connectivity index (χ1v) is 9.52. The molecule has 5 nitrogen and oxygen atoms in total. The number of nitrogens with zero attached hydrogens (tertiary/aromatic N) is 1. The Bertz CT molecular complexity index is 907. The fraction of sp³-hybridized carbons (Fsp3) is 0.429. The zero-order valence-corrected chi connectivity index (χ0v) is 16.4. The van der Waals surface area contributed by atoms with Gasteiger partial charge in [-0.3, -0.25) is 9.59 Å². The van der Waals surface area contributed by atoms with E-state index < -0.39 is 11.6 Å². The third kappa shape index (κ3) is 3.93. The Balaban J connectivity index is 1.62. The second-order valence-corrected chi connectivity index (χ2v) is 7.30. The molecule has 7 heteroatoms. The number of aryl methyl sites for hydroxylation is 1. The normalized spacial score (nSPS) is 16.5. The Kier molecular flexibility index (Phi) is 5.82. The van der Waals surface area contributed by atoms with Gasteiger partial charge < -0.3 is 15.2 Å². The van der Waals surface area contributed by atoms with Gasteiger partial charge in [-0.1, -0.05) is 6.92 Å². The largest absolute Gasteiger partial charge is 0.371 e. The smallest absolute Gasteiger partial charge is 0.268 e. The third-order valence-corrected chi connectivity index (χ3v) is 5.33. The predicted octanol–water partition coefficient (Wildman–Crippen LogP) is 3.62. The minimum absolute atomic E-state index is 0.0531. The standard InChI is InChI=1S/C21H25F2N3O2/c1-4-16-19(13(3)27)12(2)25-20(16)21(28)24-10-14-7-8-26(11-14)15-5-6-17(22)18(23)9-15/h5-6,9,14,25H,4,7-8,10-11H2,1-3H3,(H,24,28). The quantitative estimate of drug-likeness (QED) is 0.742. The van der Waals surface area contributed by atoms with Gasteiger partial charge in [-0.15, -0.1) is 0 Å². The Morgan fingerprint density at radius 1 is 1.29 bits per heavy atom. The van der Waals surface area contributed by atoms with Crippen LogP contribution in [-0.4, -0.2) is 36.3 Å². The summed E-state index contributed by atoms with van der Waals surface area (Å²) < 4.78 is 26.6. The molecule has 2 heterocycles. The monoisotopic (exact) mass is 389 g/mol. The molecule has 0 aliphatic carbocycles. The number of anilines is 1. The lowest BCUT2D eigenvalue weighted by Gasteiger charge is -2.19. The number of nitrogens with one attached hydrogen (secondary N) is 2. The molecule has 0 bridgehead atoms. The number of carbonyl (C=O) groups excluding carboxylic acids is 2. The van der Waals surface area contributed by atoms with Crippen molar-refractivity contribution < 1.29 is 18.4 Å². The number of H-pyrrole nitrogens is 1. The van der Waals surface area contributed by atoms with Crippen LogP contribution in [0.25, 0.3) is 0 Å². The van der Waals surface area contributed by atoms with Gasteiger partial charge in [-0.2, -0.15) is 0 Å². The molecule has 1 atom stereocenters. The Labute approximate surface area is 163 Å². The molecular weight excluding hydrogens is 364 g/mol. The van der Waals surface area contributed by atoms with Gasteiger partial charge in [-0.25, -0.2) is 8.78 Å². The maximum Gasteiger partial charge on any atom is 0.268 e. The minimum atomic E-state index is -0.857. The first kappa shape index (κ1) is 20.0. The summed E-state index contributed by atoms with van der Waals surface area (Å²) in [6.45, 7) is 7.08. The SMILES string of the molecule is CCc1c(C(=O)NCC2CCN(c3ccc(F)c(F)c3)C2)[nH]c(C)c1C(C)=O. The molecule has 2 N–H and O–H groups in total. The van der Waals surface area contributed by atoms with Crippen LogP contribution in [0.2, 0.25) is 0 Å². The molecule has 2 aromatic rings. The van der Waals surface area contributed by atoms with Crippen LogP contribution in [0.15, 0.2) is 18.2 Å². The van der Waals surface area contributed by atoms with E-state index in [0.717, 1.165) is 24.6 Å². The van der Waals surface area contributed by atoms with Crippen LogP contribution in [0.1, 0.15) is 52.4 Å². The average molecular weight is 389 g/mol. The van der Waals surface area contributed by atoms with E-state index in [1.54, 1.807) is 13.0 Å². The fourth-order valence-corrected chi connectivity index (χ4v) is 3.94. The third-order valence-electron chi connectivity index (χ3n) is 5.33. The van der Waals surface area contributed by atoms with Gasteiger partial charge in [0.25, 0.3) is 5.91 Å². The average Bonchev–Trinajstić information content (AvgIpc) is 3.26. The Morgan fingerprint density at radius 3 is 2.68 bits per heavy atom. The number of halogens is 2. The van der Waals surface area contributed by atoms with Gasteiger partial charge in [0.05, 0.1) is 0 Å². The molecular formula is C21H25F2N3O2. The molecule has 1 saturated heterocycles. The first-order valence-electron chi connectivity index (χ1n) is 9.52. The van der Waals surface area contributed by atoms with Gasteiger partial charge in [0.2, 0.25) is 0 Å². The summed E-state index contributed by atoms with van der Waals surface area (Å²) in [4.78, 5) is 29.5. The molecule has 1 fully saturated rings. The van der Waals surface area contributed by atoms with Crippen molar-refractivity contribution in [2.45, 2.75) is 33.6 Å². The number of aromatic nitrogens is 1. The summed E-state index contributed by atoms with van der Waals surface area (Å²) in [6, 6.07) is 3.90. The summed E-state index contributed by atoms with van der Waals surface area (Å²) >= 11 is 0. The van der Waals surface area contributed by atoms with Crippen molar-refractivity contribution in [2.75, 3.05) is 24.5 Å². The van der Waals surface area contributed by atoms with Gasteiger partial charge in [0.15, 0.2) is 17.4 Å². The summed E-state index contributed by atoms with van der Waals surface area (Å²) in [5.74, 6) is -1.78. The highest BCUT2D eigenvalue weighted by atomic mass is 19.2. The lowest BCUT2D eigenvalue weighted by Crippen LogP contribution is -2.31. The van der Waals surface area contributed by atoms with Gasteiger partial charge in [0.1, 0.15) is 5.69 Å². The molecule has 0 spiro atoms. The molecule has 28 heavy (non-hydrogen) atoms. The van der Waals surface area contributed by atoms with E-state index >= 15 is 0 Å². The van der Waals surface area contributed by atoms with E-state index in [2.05, 4.69) is 10.3 Å². The highest BCUT2D eigenvalue weighted by Gasteiger charge is 2.26. The van der Waals surface area contributed by atoms with E-state index in [1.165, 1.54) is 13.0 Å². The molecule has 3 rings (SSSR count). The van der Waals surface area contributed by atoms with Gasteiger partial charge in [0, 0.05) is 42.6 Å². The predicted molar refractivity (Wildman–Crippen MR) is 104 cm³/mol. The molecule has 1 unspecified atom stereocenters. The van der Waals surface area contributed by atoms with Crippen LogP contribution in [-0.2, 0) is 6.42 Å². The highest BCUT2D eigenvalue weighted by molar-refractivity contribution is 6.02. The van der Waals surface area contributed by atoms with Crippen LogP contribution in [0.5, 0.6) is 0 Å². The van der Waals surface area contributed by atoms with E-state index in [4.69, 9.17) is 0 Å². The lowest BCUT2D eigenvalue weighted by atomic mass is 10.0. The van der Waals surface area contributed by atoms with Crippen LogP contribution >= 0.6 is 0 Å². The summed E-state index contributed by atoms with van der Waals surface area (Å²) in [5, 5.41) is 2.95. The molecule has 1 aromatic carbocycles. The van der Waals surface area contributed by atoms with E-state index in [1.807, 2.05) is 11.8 Å². The molecule has 1 aliphatic rings. The van der Waals surface area contributed by atoms with Crippen LogP contribution in [0, 0.1) is 24.5 Å². The van der Waals surface area contributed by atoms with Crippen LogP contribution < -0.4 is 10.2 Å². The van der Waals surface area contributed by atoms with Crippen molar-refractivity contribution in [3.05, 3.63) is 52.3 Å². The Hall–Kier alpha value is -2.70. The number of amides is 1. The zero-order chi connectivity index (χ0) is 20.4. The molecule has 0 radical (unpaired) electrons. The second-order valence-electron chi connectivity index (χ2n) is 7.30. The summed E-state index contributed by atoms with van der Waals surface area (Å²) in [6.07, 6.45) is 1.44. The highest BCUT2D eigenvalue weighted by Crippen LogP contribution is 2.25. The zero-order valence-electron chi connectivity index (χ0n) is 16.4. The van der Waals surface area contributed by atoms with Gasteiger partial charge in [-0.05, 0) is 50.3 Å². The van der Waals surface area contributed by atoms with Crippen molar-refractivity contribution in [3.63, 3.8) is 0 Å². The maximum absolute atomic E-state index is 13.4. The van der Waals surface area contributed by atoms with Crippen molar-refractivity contribution in [2.24, 2.45) is 5.92 Å². The number of hydrogen-bond acceptors (Lipinski definition) is 3. The van der Waals surface area contributed by atoms with Crippen LogP contribution in [0.3, 0.4) is 0 Å². The molecule has 1 aromatic heterocycles. The number of ketones is 1. The number of rotatable bonds is 6. The second kappa shape index (κ2) is 8.12. The maximum atomic E-state index is 13.4. The van der Waals surface area contributed by atoms with E-state index in [0.29, 0.717) is 42.1 Å². The number of benzene rings is 1. The van der Waals surface area contributed by atoms with Crippen molar-refractivity contribution >= 4 is 17.4 Å². The number of carbonyl (C=O) groups is 2. The minimum Gasteiger partial charge on any atom is -0.371 e. The Morgan fingerprint density at radius 2 is 2.04 bits per heavy atom. The summed E-state index contributed by atoms with van der Waals surface area (Å²) in [5.41, 5.74) is 3.14. The number of aromatic amines is 1. The molecule has 1 aliphatic heterocycles. The molecule has 1 amide bonds. The van der Waals surface area contributed by atoms with E-state index in [-0.39, 0.29) is 17.6 Å². The molecule has 150 valence electrons.